The minimum absolute atomic E-state index is 0.619. The van der Waals surface area contributed by atoms with Gasteiger partial charge in [0, 0.05) is 0 Å². The molecule has 106 valence electrons. The molecule has 2 N–H and O–H groups in total. The van der Waals surface area contributed by atoms with Gasteiger partial charge < -0.3 is 10.2 Å². The Balaban J connectivity index is 4.73. The first-order chi connectivity index (χ1) is 8.45. The van der Waals surface area contributed by atoms with E-state index in [-0.39, 0.29) is 0 Å². The SMILES string of the molecule is CCCC[C@](O)(C#C[C@](O)(CC)CCCC)CC. The van der Waals surface area contributed by atoms with Crippen molar-refractivity contribution in [3.8, 4) is 11.8 Å². The first kappa shape index (κ1) is 17.5. The molecule has 0 aromatic heterocycles. The second-order valence-electron chi connectivity index (χ2n) is 5.23. The Morgan fingerprint density at radius 2 is 1.06 bits per heavy atom. The second kappa shape index (κ2) is 8.56. The molecule has 0 saturated carbocycles. The zero-order valence-electron chi connectivity index (χ0n) is 12.6. The third-order valence-corrected chi connectivity index (χ3v) is 3.59. The average molecular weight is 254 g/mol. The lowest BCUT2D eigenvalue weighted by molar-refractivity contribution is 0.0734. The van der Waals surface area contributed by atoms with Crippen molar-refractivity contribution in [3.63, 3.8) is 0 Å². The van der Waals surface area contributed by atoms with Gasteiger partial charge in [0.15, 0.2) is 0 Å². The van der Waals surface area contributed by atoms with E-state index in [1.807, 2.05) is 13.8 Å². The Morgan fingerprint density at radius 3 is 1.28 bits per heavy atom. The lowest BCUT2D eigenvalue weighted by Gasteiger charge is -2.23. The first-order valence-corrected chi connectivity index (χ1v) is 7.44. The van der Waals surface area contributed by atoms with Crippen LogP contribution in [0.25, 0.3) is 0 Å². The first-order valence-electron chi connectivity index (χ1n) is 7.44. The summed E-state index contributed by atoms with van der Waals surface area (Å²) < 4.78 is 0. The number of rotatable bonds is 8. The van der Waals surface area contributed by atoms with E-state index in [4.69, 9.17) is 0 Å². The zero-order chi connectivity index (χ0) is 14.1. The normalized spacial score (nSPS) is 17.4. The maximum Gasteiger partial charge on any atom is 0.125 e. The van der Waals surface area contributed by atoms with Crippen LogP contribution in [0.2, 0.25) is 0 Å². The predicted molar refractivity (Wildman–Crippen MR) is 77.3 cm³/mol. The monoisotopic (exact) mass is 254 g/mol. The van der Waals surface area contributed by atoms with Gasteiger partial charge in [0.05, 0.1) is 0 Å². The molecule has 0 aliphatic rings. The Bertz CT molecular complexity index is 251. The van der Waals surface area contributed by atoms with Gasteiger partial charge >= 0.3 is 0 Å². The van der Waals surface area contributed by atoms with Crippen LogP contribution < -0.4 is 0 Å². The van der Waals surface area contributed by atoms with Crippen LogP contribution in [0.5, 0.6) is 0 Å². The molecular weight excluding hydrogens is 224 g/mol. The van der Waals surface area contributed by atoms with Crippen LogP contribution in [-0.4, -0.2) is 21.4 Å². The lowest BCUT2D eigenvalue weighted by atomic mass is 9.90. The fourth-order valence-electron chi connectivity index (χ4n) is 1.83. The van der Waals surface area contributed by atoms with Gasteiger partial charge in [0.25, 0.3) is 0 Å². The molecular formula is C16H30O2. The average Bonchev–Trinajstić information content (AvgIpc) is 2.40. The van der Waals surface area contributed by atoms with Crippen molar-refractivity contribution in [2.75, 3.05) is 0 Å². The van der Waals surface area contributed by atoms with Gasteiger partial charge in [-0.2, -0.15) is 0 Å². The number of hydrogen-bond donors (Lipinski definition) is 2. The van der Waals surface area contributed by atoms with Gasteiger partial charge in [-0.05, 0) is 38.5 Å². The minimum atomic E-state index is -0.925. The minimum Gasteiger partial charge on any atom is -0.378 e. The number of unbranched alkanes of at least 4 members (excludes halogenated alkanes) is 2. The van der Waals surface area contributed by atoms with Crippen molar-refractivity contribution in [2.24, 2.45) is 0 Å². The highest BCUT2D eigenvalue weighted by Crippen LogP contribution is 2.21. The summed E-state index contributed by atoms with van der Waals surface area (Å²) in [7, 11) is 0. The van der Waals surface area contributed by atoms with Crippen LogP contribution in [0.15, 0.2) is 0 Å². The fourth-order valence-corrected chi connectivity index (χ4v) is 1.83. The van der Waals surface area contributed by atoms with Gasteiger partial charge in [0.2, 0.25) is 0 Å². The molecule has 0 aliphatic carbocycles. The van der Waals surface area contributed by atoms with Crippen molar-refractivity contribution < 1.29 is 10.2 Å². The molecule has 2 heteroatoms. The third kappa shape index (κ3) is 6.42. The Morgan fingerprint density at radius 1 is 0.722 bits per heavy atom. The van der Waals surface area contributed by atoms with Crippen molar-refractivity contribution in [2.45, 2.75) is 90.3 Å². The van der Waals surface area contributed by atoms with E-state index in [2.05, 4.69) is 25.7 Å². The summed E-state index contributed by atoms with van der Waals surface area (Å²) in [4.78, 5) is 0. The summed E-state index contributed by atoms with van der Waals surface area (Å²) in [5, 5.41) is 20.7. The molecule has 0 amide bonds. The van der Waals surface area contributed by atoms with E-state index in [0.29, 0.717) is 25.7 Å². The Kier molecular flexibility index (Phi) is 8.31. The molecule has 0 rings (SSSR count). The summed E-state index contributed by atoms with van der Waals surface area (Å²) in [6, 6.07) is 0. The van der Waals surface area contributed by atoms with Crippen molar-refractivity contribution in [1.82, 2.24) is 0 Å². The van der Waals surface area contributed by atoms with Gasteiger partial charge in [-0.1, -0.05) is 52.4 Å². The Labute approximate surface area is 113 Å². The van der Waals surface area contributed by atoms with Crippen LogP contribution in [0, 0.1) is 11.8 Å². The van der Waals surface area contributed by atoms with Crippen molar-refractivity contribution >= 4 is 0 Å². The Hall–Kier alpha value is -0.520. The summed E-state index contributed by atoms with van der Waals surface area (Å²) >= 11 is 0. The largest absolute Gasteiger partial charge is 0.378 e. The van der Waals surface area contributed by atoms with Crippen molar-refractivity contribution in [3.05, 3.63) is 0 Å². The summed E-state index contributed by atoms with van der Waals surface area (Å²) in [5.41, 5.74) is -1.85. The highest BCUT2D eigenvalue weighted by atomic mass is 16.3. The van der Waals surface area contributed by atoms with Gasteiger partial charge in [0.1, 0.15) is 11.2 Å². The highest BCUT2D eigenvalue weighted by Gasteiger charge is 2.25. The fraction of sp³-hybridized carbons (Fsp3) is 0.875. The van der Waals surface area contributed by atoms with Gasteiger partial charge in [-0.25, -0.2) is 0 Å². The van der Waals surface area contributed by atoms with Crippen LogP contribution in [0.4, 0.5) is 0 Å². The van der Waals surface area contributed by atoms with E-state index in [1.165, 1.54) is 0 Å². The lowest BCUT2D eigenvalue weighted by Crippen LogP contribution is -2.29. The van der Waals surface area contributed by atoms with Crippen LogP contribution in [0.3, 0.4) is 0 Å². The molecule has 2 atom stereocenters. The summed E-state index contributed by atoms with van der Waals surface area (Å²) in [6.07, 6.45) is 6.68. The van der Waals surface area contributed by atoms with Gasteiger partial charge in [-0.15, -0.1) is 0 Å². The molecule has 0 aromatic rings. The summed E-state index contributed by atoms with van der Waals surface area (Å²) in [5.74, 6) is 5.87. The molecule has 0 aromatic carbocycles. The summed E-state index contributed by atoms with van der Waals surface area (Å²) in [6.45, 7) is 8.10. The van der Waals surface area contributed by atoms with E-state index >= 15 is 0 Å². The van der Waals surface area contributed by atoms with E-state index in [1.54, 1.807) is 0 Å². The standard InChI is InChI=1S/C16H30O2/c1-5-9-11-15(17,7-3)13-14-16(18,8-4)12-10-6-2/h17-18H,5-12H2,1-4H3/t15-,16-/m0/s1. The predicted octanol–water partition coefficient (Wildman–Crippen LogP) is 3.65. The van der Waals surface area contributed by atoms with Crippen LogP contribution in [0.1, 0.15) is 79.1 Å². The third-order valence-electron chi connectivity index (χ3n) is 3.59. The smallest absolute Gasteiger partial charge is 0.125 e. The molecule has 0 bridgehead atoms. The van der Waals surface area contributed by atoms with E-state index < -0.39 is 11.2 Å². The van der Waals surface area contributed by atoms with Crippen molar-refractivity contribution in [1.29, 1.82) is 0 Å². The van der Waals surface area contributed by atoms with Crippen LogP contribution >= 0.6 is 0 Å². The second-order valence-corrected chi connectivity index (χ2v) is 5.23. The maximum absolute atomic E-state index is 10.4. The number of aliphatic hydroxyl groups is 2. The molecule has 0 aliphatic heterocycles. The van der Waals surface area contributed by atoms with Gasteiger partial charge in [-0.3, -0.25) is 0 Å². The molecule has 2 nitrogen and oxygen atoms in total. The molecule has 0 fully saturated rings. The number of hydrogen-bond acceptors (Lipinski definition) is 2. The molecule has 0 heterocycles. The molecule has 0 unspecified atom stereocenters. The quantitative estimate of drug-likeness (QED) is 0.649. The van der Waals surface area contributed by atoms with Crippen LogP contribution in [-0.2, 0) is 0 Å². The topological polar surface area (TPSA) is 40.5 Å². The maximum atomic E-state index is 10.4. The highest BCUT2D eigenvalue weighted by molar-refractivity contribution is 5.20. The zero-order valence-corrected chi connectivity index (χ0v) is 12.6. The molecule has 18 heavy (non-hydrogen) atoms. The van der Waals surface area contributed by atoms with E-state index in [0.717, 1.165) is 25.7 Å². The molecule has 0 radical (unpaired) electrons. The molecule has 0 saturated heterocycles. The molecule has 0 spiro atoms. The van der Waals surface area contributed by atoms with E-state index in [9.17, 15) is 10.2 Å².